The van der Waals surface area contributed by atoms with Crippen molar-refractivity contribution in [1.29, 1.82) is 0 Å². The molecule has 0 saturated carbocycles. The first-order chi connectivity index (χ1) is 7.74. The summed E-state index contributed by atoms with van der Waals surface area (Å²) in [5.74, 6) is 0. The van der Waals surface area contributed by atoms with Crippen LogP contribution in [0, 0.1) is 13.8 Å². The van der Waals surface area contributed by atoms with Crippen LogP contribution in [-0.2, 0) is 6.54 Å². The van der Waals surface area contributed by atoms with E-state index in [2.05, 4.69) is 49.5 Å². The second-order valence-electron chi connectivity index (χ2n) is 4.22. The molecule has 0 amide bonds. The van der Waals surface area contributed by atoms with Crippen molar-refractivity contribution in [1.82, 2.24) is 0 Å². The topological polar surface area (TPSA) is 12.0 Å². The predicted molar refractivity (Wildman–Crippen MR) is 69.7 cm³/mol. The van der Waals surface area contributed by atoms with E-state index in [9.17, 15) is 0 Å². The van der Waals surface area contributed by atoms with E-state index >= 15 is 0 Å². The van der Waals surface area contributed by atoms with Crippen LogP contribution >= 0.6 is 0 Å². The van der Waals surface area contributed by atoms with Crippen LogP contribution in [0.25, 0.3) is 0 Å². The van der Waals surface area contributed by atoms with Crippen LogP contribution in [0.4, 0.5) is 5.69 Å². The van der Waals surface area contributed by atoms with Gasteiger partial charge < -0.3 is 5.32 Å². The first-order valence-corrected chi connectivity index (χ1v) is 5.60. The number of para-hydroxylation sites is 1. The Balaban J connectivity index is 2.05. The molecule has 0 heterocycles. The molecule has 0 fully saturated rings. The molecular weight excluding hydrogens is 194 g/mol. The number of nitrogens with one attached hydrogen (secondary N) is 1. The highest BCUT2D eigenvalue weighted by atomic mass is 14.9. The molecule has 0 spiro atoms. The zero-order chi connectivity index (χ0) is 11.4. The number of hydrogen-bond acceptors (Lipinski definition) is 1. The summed E-state index contributed by atoms with van der Waals surface area (Å²) in [6.45, 7) is 5.16. The van der Waals surface area contributed by atoms with Crippen molar-refractivity contribution in [3.05, 3.63) is 65.2 Å². The van der Waals surface area contributed by atoms with Crippen molar-refractivity contribution in [2.75, 3.05) is 5.32 Å². The summed E-state index contributed by atoms with van der Waals surface area (Å²) in [5, 5.41) is 3.42. The molecule has 0 atom stereocenters. The van der Waals surface area contributed by atoms with Gasteiger partial charge in [-0.15, -0.1) is 0 Å². The quantitative estimate of drug-likeness (QED) is 0.811. The molecule has 0 aromatic heterocycles. The zero-order valence-electron chi connectivity index (χ0n) is 9.83. The molecule has 16 heavy (non-hydrogen) atoms. The van der Waals surface area contributed by atoms with Crippen LogP contribution in [0.5, 0.6) is 0 Å². The standard InChI is InChI=1S/C15H17N/c1-12-8-13(2)10-14(9-12)11-16-15-6-4-3-5-7-15/h3-10,16H,11H2,1-2H3. The van der Waals surface area contributed by atoms with Crippen molar-refractivity contribution < 1.29 is 0 Å². The third-order valence-electron chi connectivity index (χ3n) is 2.55. The van der Waals surface area contributed by atoms with Gasteiger partial charge in [0.05, 0.1) is 0 Å². The summed E-state index contributed by atoms with van der Waals surface area (Å²) >= 11 is 0. The minimum Gasteiger partial charge on any atom is -0.381 e. The summed E-state index contributed by atoms with van der Waals surface area (Å²) in [7, 11) is 0. The fourth-order valence-electron chi connectivity index (χ4n) is 1.93. The molecule has 1 N–H and O–H groups in total. The second-order valence-corrected chi connectivity index (χ2v) is 4.22. The van der Waals surface area contributed by atoms with E-state index in [1.54, 1.807) is 0 Å². The Morgan fingerprint density at radius 3 is 2.12 bits per heavy atom. The molecule has 0 unspecified atom stereocenters. The Morgan fingerprint density at radius 2 is 1.50 bits per heavy atom. The van der Waals surface area contributed by atoms with E-state index in [4.69, 9.17) is 0 Å². The average molecular weight is 211 g/mol. The third kappa shape index (κ3) is 2.86. The largest absolute Gasteiger partial charge is 0.381 e. The minimum atomic E-state index is 0.881. The molecule has 0 saturated heterocycles. The number of anilines is 1. The van der Waals surface area contributed by atoms with Crippen molar-refractivity contribution in [2.45, 2.75) is 20.4 Å². The molecular formula is C15H17N. The molecule has 2 aromatic carbocycles. The Kier molecular flexibility index (Phi) is 3.25. The summed E-state index contributed by atoms with van der Waals surface area (Å²) in [5.41, 5.74) is 5.15. The smallest absolute Gasteiger partial charge is 0.0400 e. The van der Waals surface area contributed by atoms with Crippen molar-refractivity contribution >= 4 is 5.69 Å². The monoisotopic (exact) mass is 211 g/mol. The van der Waals surface area contributed by atoms with Gasteiger partial charge in [-0.25, -0.2) is 0 Å². The molecule has 0 aliphatic heterocycles. The van der Waals surface area contributed by atoms with Crippen LogP contribution in [0.3, 0.4) is 0 Å². The maximum absolute atomic E-state index is 3.42. The van der Waals surface area contributed by atoms with Gasteiger partial charge in [-0.05, 0) is 31.5 Å². The third-order valence-corrected chi connectivity index (χ3v) is 2.55. The highest BCUT2D eigenvalue weighted by Crippen LogP contribution is 2.12. The van der Waals surface area contributed by atoms with Gasteiger partial charge in [0.2, 0.25) is 0 Å². The van der Waals surface area contributed by atoms with Gasteiger partial charge in [0.1, 0.15) is 0 Å². The molecule has 82 valence electrons. The van der Waals surface area contributed by atoms with Gasteiger partial charge in [0, 0.05) is 12.2 Å². The molecule has 2 rings (SSSR count). The number of rotatable bonds is 3. The molecule has 1 nitrogen and oxygen atoms in total. The fraction of sp³-hybridized carbons (Fsp3) is 0.200. The molecule has 2 aromatic rings. The zero-order valence-corrected chi connectivity index (χ0v) is 9.83. The number of aryl methyl sites for hydroxylation is 2. The number of benzene rings is 2. The Labute approximate surface area is 97.1 Å². The van der Waals surface area contributed by atoms with E-state index in [0.717, 1.165) is 6.54 Å². The van der Waals surface area contributed by atoms with Crippen LogP contribution in [0.2, 0.25) is 0 Å². The maximum atomic E-state index is 3.42. The Bertz CT molecular complexity index is 440. The van der Waals surface area contributed by atoms with Crippen LogP contribution in [0.1, 0.15) is 16.7 Å². The van der Waals surface area contributed by atoms with Gasteiger partial charge in [-0.1, -0.05) is 47.5 Å². The lowest BCUT2D eigenvalue weighted by atomic mass is 10.1. The summed E-state index contributed by atoms with van der Waals surface area (Å²) in [4.78, 5) is 0. The maximum Gasteiger partial charge on any atom is 0.0400 e. The Morgan fingerprint density at radius 1 is 0.875 bits per heavy atom. The fourth-order valence-corrected chi connectivity index (χ4v) is 1.93. The lowest BCUT2D eigenvalue weighted by Gasteiger charge is -2.08. The van der Waals surface area contributed by atoms with E-state index in [1.165, 1.54) is 22.4 Å². The van der Waals surface area contributed by atoms with E-state index < -0.39 is 0 Å². The van der Waals surface area contributed by atoms with Crippen LogP contribution in [0.15, 0.2) is 48.5 Å². The highest BCUT2D eigenvalue weighted by molar-refractivity contribution is 5.43. The van der Waals surface area contributed by atoms with E-state index in [-0.39, 0.29) is 0 Å². The average Bonchev–Trinajstić information content (AvgIpc) is 2.27. The van der Waals surface area contributed by atoms with Crippen molar-refractivity contribution in [3.8, 4) is 0 Å². The first-order valence-electron chi connectivity index (χ1n) is 5.60. The molecule has 0 aliphatic carbocycles. The van der Waals surface area contributed by atoms with Gasteiger partial charge in [-0.2, -0.15) is 0 Å². The SMILES string of the molecule is Cc1cc(C)cc(CNc2ccccc2)c1. The minimum absolute atomic E-state index is 0.881. The summed E-state index contributed by atoms with van der Waals surface area (Å²) in [6.07, 6.45) is 0. The Hall–Kier alpha value is -1.76. The molecule has 0 aliphatic rings. The van der Waals surface area contributed by atoms with E-state index in [1.807, 2.05) is 18.2 Å². The first kappa shape index (κ1) is 10.7. The highest BCUT2D eigenvalue weighted by Gasteiger charge is 1.96. The lowest BCUT2D eigenvalue weighted by Crippen LogP contribution is -1.99. The van der Waals surface area contributed by atoms with Crippen molar-refractivity contribution in [3.63, 3.8) is 0 Å². The summed E-state index contributed by atoms with van der Waals surface area (Å²) in [6, 6.07) is 16.9. The number of hydrogen-bond donors (Lipinski definition) is 1. The van der Waals surface area contributed by atoms with Crippen LogP contribution < -0.4 is 5.32 Å². The summed E-state index contributed by atoms with van der Waals surface area (Å²) < 4.78 is 0. The predicted octanol–water partition coefficient (Wildman–Crippen LogP) is 3.92. The normalized spacial score (nSPS) is 10.1. The molecule has 0 bridgehead atoms. The van der Waals surface area contributed by atoms with Gasteiger partial charge >= 0.3 is 0 Å². The van der Waals surface area contributed by atoms with Gasteiger partial charge in [0.15, 0.2) is 0 Å². The van der Waals surface area contributed by atoms with Crippen molar-refractivity contribution in [2.24, 2.45) is 0 Å². The lowest BCUT2D eigenvalue weighted by molar-refractivity contribution is 1.13. The second kappa shape index (κ2) is 4.84. The van der Waals surface area contributed by atoms with E-state index in [0.29, 0.717) is 0 Å². The van der Waals surface area contributed by atoms with Gasteiger partial charge in [0.25, 0.3) is 0 Å². The molecule has 0 radical (unpaired) electrons. The van der Waals surface area contributed by atoms with Gasteiger partial charge in [-0.3, -0.25) is 0 Å². The molecule has 1 heteroatoms. The van der Waals surface area contributed by atoms with Crippen LogP contribution in [-0.4, -0.2) is 0 Å².